The van der Waals surface area contributed by atoms with Gasteiger partial charge in [-0.3, -0.25) is 9.89 Å². The van der Waals surface area contributed by atoms with Gasteiger partial charge in [0.15, 0.2) is 5.96 Å². The van der Waals surface area contributed by atoms with Crippen molar-refractivity contribution in [3.8, 4) is 0 Å². The number of guanidine groups is 1. The first-order valence-corrected chi connectivity index (χ1v) is 8.28. The number of alkyl halides is 3. The van der Waals surface area contributed by atoms with E-state index in [1.807, 2.05) is 0 Å². The zero-order valence-electron chi connectivity index (χ0n) is 14.5. The van der Waals surface area contributed by atoms with Crippen LogP contribution in [-0.2, 0) is 4.74 Å². The second-order valence-corrected chi connectivity index (χ2v) is 5.80. The molecule has 1 saturated heterocycles. The first kappa shape index (κ1) is 23.7. The molecule has 0 aromatic carbocycles. The smallest absolute Gasteiger partial charge is 0.381 e. The molecule has 2 N–H and O–H groups in total. The van der Waals surface area contributed by atoms with Crippen molar-refractivity contribution in [2.24, 2.45) is 4.99 Å². The molecular weight excluding hydrogens is 436 g/mol. The Balaban J connectivity index is 0.00000529. The van der Waals surface area contributed by atoms with E-state index in [1.165, 1.54) is 4.90 Å². The molecular formula is C15H30F3IN4O. The Hall–Kier alpha value is -0.290. The first-order chi connectivity index (χ1) is 10.9. The van der Waals surface area contributed by atoms with Gasteiger partial charge in [-0.15, -0.1) is 24.0 Å². The summed E-state index contributed by atoms with van der Waals surface area (Å²) in [6.45, 7) is 4.35. The van der Waals surface area contributed by atoms with Gasteiger partial charge >= 0.3 is 6.18 Å². The molecule has 0 bridgehead atoms. The van der Waals surface area contributed by atoms with Crippen molar-refractivity contribution in [2.75, 3.05) is 46.4 Å². The molecule has 9 heteroatoms. The molecule has 0 aliphatic carbocycles. The SMILES string of the molecule is CCCCOCCCNC(=NC)NC1CCN(CC(F)(F)F)C1.I. The van der Waals surface area contributed by atoms with E-state index < -0.39 is 12.7 Å². The highest BCUT2D eigenvalue weighted by Gasteiger charge is 2.34. The summed E-state index contributed by atoms with van der Waals surface area (Å²) in [5.41, 5.74) is 0. The van der Waals surface area contributed by atoms with Crippen molar-refractivity contribution >= 4 is 29.9 Å². The third-order valence-electron chi connectivity index (χ3n) is 3.64. The summed E-state index contributed by atoms with van der Waals surface area (Å²) in [6.07, 6.45) is -0.368. The van der Waals surface area contributed by atoms with Gasteiger partial charge in [-0.05, 0) is 19.3 Å². The number of unbranched alkanes of at least 4 members (excludes halogenated alkanes) is 1. The van der Waals surface area contributed by atoms with Gasteiger partial charge in [-0.1, -0.05) is 13.3 Å². The van der Waals surface area contributed by atoms with Gasteiger partial charge in [-0.2, -0.15) is 13.2 Å². The quantitative estimate of drug-likeness (QED) is 0.238. The van der Waals surface area contributed by atoms with Gasteiger partial charge in [0.1, 0.15) is 0 Å². The summed E-state index contributed by atoms with van der Waals surface area (Å²) >= 11 is 0. The maximum atomic E-state index is 12.4. The molecule has 0 amide bonds. The van der Waals surface area contributed by atoms with Gasteiger partial charge in [0.05, 0.1) is 6.54 Å². The van der Waals surface area contributed by atoms with Gasteiger partial charge in [-0.25, -0.2) is 0 Å². The molecule has 0 aromatic rings. The number of nitrogens with zero attached hydrogens (tertiary/aromatic N) is 2. The summed E-state index contributed by atoms with van der Waals surface area (Å²) in [5.74, 6) is 0.636. The van der Waals surface area contributed by atoms with E-state index in [2.05, 4.69) is 22.5 Å². The predicted molar refractivity (Wildman–Crippen MR) is 101 cm³/mol. The summed E-state index contributed by atoms with van der Waals surface area (Å²) in [7, 11) is 1.66. The minimum Gasteiger partial charge on any atom is -0.381 e. The van der Waals surface area contributed by atoms with E-state index in [1.54, 1.807) is 7.05 Å². The first-order valence-electron chi connectivity index (χ1n) is 8.28. The van der Waals surface area contributed by atoms with Crippen LogP contribution in [0.4, 0.5) is 13.2 Å². The number of likely N-dealkylation sites (tertiary alicyclic amines) is 1. The number of aliphatic imine (C=N–C) groups is 1. The van der Waals surface area contributed by atoms with Crippen molar-refractivity contribution in [2.45, 2.75) is 44.8 Å². The largest absolute Gasteiger partial charge is 0.401 e. The lowest BCUT2D eigenvalue weighted by atomic mass is 10.3. The Bertz CT molecular complexity index is 356. The number of halogens is 4. The number of hydrogen-bond acceptors (Lipinski definition) is 3. The lowest BCUT2D eigenvalue weighted by Gasteiger charge is -2.19. The van der Waals surface area contributed by atoms with Gasteiger partial charge in [0, 0.05) is 45.9 Å². The fourth-order valence-corrected chi connectivity index (χ4v) is 2.47. The van der Waals surface area contributed by atoms with Crippen LogP contribution in [0.25, 0.3) is 0 Å². The van der Waals surface area contributed by atoms with Gasteiger partial charge < -0.3 is 15.4 Å². The molecule has 0 saturated carbocycles. The average molecular weight is 466 g/mol. The monoisotopic (exact) mass is 466 g/mol. The molecule has 5 nitrogen and oxygen atoms in total. The van der Waals surface area contributed by atoms with Crippen LogP contribution in [0.1, 0.15) is 32.6 Å². The van der Waals surface area contributed by atoms with E-state index in [9.17, 15) is 13.2 Å². The van der Waals surface area contributed by atoms with Gasteiger partial charge in [0.2, 0.25) is 0 Å². The van der Waals surface area contributed by atoms with Gasteiger partial charge in [0.25, 0.3) is 0 Å². The normalized spacial score (nSPS) is 19.2. The van der Waals surface area contributed by atoms with Crippen LogP contribution >= 0.6 is 24.0 Å². The standard InChI is InChI=1S/C15H29F3N4O.HI/c1-3-4-9-23-10-5-7-20-14(19-2)21-13-6-8-22(11-13)12-15(16,17)18;/h13H,3-12H2,1-2H3,(H2,19,20,21);1H. The van der Waals surface area contributed by atoms with Crippen molar-refractivity contribution in [1.82, 2.24) is 15.5 Å². The van der Waals surface area contributed by atoms with E-state index in [0.717, 1.165) is 32.4 Å². The van der Waals surface area contributed by atoms with Crippen LogP contribution in [0.5, 0.6) is 0 Å². The highest BCUT2D eigenvalue weighted by molar-refractivity contribution is 14.0. The number of hydrogen-bond donors (Lipinski definition) is 2. The van der Waals surface area contributed by atoms with Crippen molar-refractivity contribution in [3.05, 3.63) is 0 Å². The third kappa shape index (κ3) is 11.3. The number of ether oxygens (including phenoxy) is 1. The number of nitrogens with one attached hydrogen (secondary N) is 2. The second kappa shape index (κ2) is 13.0. The Morgan fingerprint density at radius 2 is 2.00 bits per heavy atom. The average Bonchev–Trinajstić information content (AvgIpc) is 2.90. The highest BCUT2D eigenvalue weighted by atomic mass is 127. The van der Waals surface area contributed by atoms with Crippen LogP contribution in [0.2, 0.25) is 0 Å². The van der Waals surface area contributed by atoms with Crippen LogP contribution in [0.3, 0.4) is 0 Å². The Morgan fingerprint density at radius 1 is 1.29 bits per heavy atom. The third-order valence-corrected chi connectivity index (χ3v) is 3.64. The maximum Gasteiger partial charge on any atom is 0.401 e. The van der Waals surface area contributed by atoms with E-state index in [-0.39, 0.29) is 30.0 Å². The maximum absolute atomic E-state index is 12.4. The molecule has 1 aliphatic rings. The Kier molecular flexibility index (Phi) is 12.8. The minimum atomic E-state index is -4.13. The lowest BCUT2D eigenvalue weighted by molar-refractivity contribution is -0.143. The fourth-order valence-electron chi connectivity index (χ4n) is 2.47. The summed E-state index contributed by atoms with van der Waals surface area (Å²) < 4.78 is 42.6. The molecule has 1 unspecified atom stereocenters. The molecule has 1 atom stereocenters. The molecule has 144 valence electrons. The molecule has 0 radical (unpaired) electrons. The Labute approximate surface area is 159 Å². The zero-order valence-corrected chi connectivity index (χ0v) is 16.8. The molecule has 1 rings (SSSR count). The Morgan fingerprint density at radius 3 is 2.62 bits per heavy atom. The second-order valence-electron chi connectivity index (χ2n) is 5.80. The zero-order chi connectivity index (χ0) is 17.1. The van der Waals surface area contributed by atoms with Crippen LogP contribution in [0.15, 0.2) is 4.99 Å². The summed E-state index contributed by atoms with van der Waals surface area (Å²) in [5, 5.41) is 6.35. The van der Waals surface area contributed by atoms with Crippen LogP contribution in [-0.4, -0.2) is 69.5 Å². The van der Waals surface area contributed by atoms with E-state index in [4.69, 9.17) is 4.74 Å². The fraction of sp³-hybridized carbons (Fsp3) is 0.933. The molecule has 1 aliphatic heterocycles. The summed E-state index contributed by atoms with van der Waals surface area (Å²) in [4.78, 5) is 5.53. The molecule has 1 fully saturated rings. The van der Waals surface area contributed by atoms with Crippen molar-refractivity contribution in [3.63, 3.8) is 0 Å². The molecule has 0 spiro atoms. The van der Waals surface area contributed by atoms with Crippen molar-refractivity contribution < 1.29 is 17.9 Å². The van der Waals surface area contributed by atoms with E-state index in [0.29, 0.717) is 32.1 Å². The minimum absolute atomic E-state index is 0. The number of rotatable bonds is 9. The topological polar surface area (TPSA) is 48.9 Å². The predicted octanol–water partition coefficient (Wildman–Crippen LogP) is 2.61. The van der Waals surface area contributed by atoms with Crippen LogP contribution in [0, 0.1) is 0 Å². The summed E-state index contributed by atoms with van der Waals surface area (Å²) in [6, 6.07) is 0.00403. The lowest BCUT2D eigenvalue weighted by Crippen LogP contribution is -2.45. The van der Waals surface area contributed by atoms with E-state index >= 15 is 0 Å². The molecule has 1 heterocycles. The molecule has 24 heavy (non-hydrogen) atoms. The highest BCUT2D eigenvalue weighted by Crippen LogP contribution is 2.19. The molecule has 0 aromatic heterocycles. The van der Waals surface area contributed by atoms with Crippen molar-refractivity contribution in [1.29, 1.82) is 0 Å². The van der Waals surface area contributed by atoms with Crippen LogP contribution < -0.4 is 10.6 Å².